The van der Waals surface area contributed by atoms with Gasteiger partial charge in [0.05, 0.1) is 29.6 Å². The molecular formula is C39H33F7N8O3. The molecule has 0 saturated carbocycles. The van der Waals surface area contributed by atoms with Crippen molar-refractivity contribution in [2.75, 3.05) is 37.7 Å². The predicted molar refractivity (Wildman–Crippen MR) is 192 cm³/mol. The molecule has 5 aromatic rings. The first kappa shape index (κ1) is 37.1. The van der Waals surface area contributed by atoms with Crippen LogP contribution in [0.1, 0.15) is 49.8 Å². The fraction of sp³-hybridized carbons (Fsp3) is 0.410. The van der Waals surface area contributed by atoms with Crippen LogP contribution >= 0.6 is 0 Å². The highest BCUT2D eigenvalue weighted by molar-refractivity contribution is 6.03. The summed E-state index contributed by atoms with van der Waals surface area (Å²) in [5, 5.41) is 13.5. The number of fused-ring (bicyclic) bond motifs is 5. The van der Waals surface area contributed by atoms with Crippen LogP contribution in [0.2, 0.25) is 0 Å². The minimum absolute atomic E-state index is 0.0136. The molecule has 4 fully saturated rings. The maximum Gasteiger partial charge on any atom is 0.433 e. The number of nitrogens with one attached hydrogen (secondary N) is 1. The highest BCUT2D eigenvalue weighted by Crippen LogP contribution is 2.45. The maximum atomic E-state index is 17.0. The molecule has 2 bridgehead atoms. The Hall–Kier alpha value is -5.54. The van der Waals surface area contributed by atoms with E-state index in [1.165, 1.54) is 29.3 Å². The second kappa shape index (κ2) is 13.3. The Kier molecular flexibility index (Phi) is 8.63. The Bertz CT molecular complexity index is 2470. The van der Waals surface area contributed by atoms with Gasteiger partial charge in [0.1, 0.15) is 48.1 Å². The number of alkyl halides is 5. The number of terminal acetylenes is 1. The number of hydrogen-bond donors (Lipinski definition) is 2. The van der Waals surface area contributed by atoms with E-state index in [-0.39, 0.29) is 102 Å². The summed E-state index contributed by atoms with van der Waals surface area (Å²) >= 11 is 0. The third-order valence-corrected chi connectivity index (χ3v) is 11.5. The molecule has 9 rings (SSSR count). The van der Waals surface area contributed by atoms with Crippen LogP contribution in [0.3, 0.4) is 0 Å². The number of piperazine rings is 1. The lowest BCUT2D eigenvalue weighted by molar-refractivity contribution is -0.141. The van der Waals surface area contributed by atoms with E-state index in [1.807, 2.05) is 0 Å². The van der Waals surface area contributed by atoms with E-state index in [1.54, 1.807) is 0 Å². The van der Waals surface area contributed by atoms with Gasteiger partial charge in [-0.3, -0.25) is 9.88 Å². The van der Waals surface area contributed by atoms with Crippen molar-refractivity contribution in [2.45, 2.75) is 67.9 Å². The third-order valence-electron chi connectivity index (χ3n) is 11.5. The fourth-order valence-electron chi connectivity index (χ4n) is 8.98. The van der Waals surface area contributed by atoms with Crippen molar-refractivity contribution in [1.82, 2.24) is 35.1 Å². The molecule has 18 heteroatoms. The molecule has 7 heterocycles. The van der Waals surface area contributed by atoms with Crippen molar-refractivity contribution >= 4 is 27.5 Å². The SMILES string of the molecule is C#Cc1c(F)ccc2cc(O)cc(-c3ncc4c(N5C[C@]6(F)CC[C@](F)(C5)N6)nc(OC[C@@H]5CC[C@]6(COc7cc(C(F)(F)F)ncn7)CCCN56)nc4c3F)c12. The van der Waals surface area contributed by atoms with E-state index in [0.717, 1.165) is 24.9 Å². The molecule has 3 aromatic heterocycles. The summed E-state index contributed by atoms with van der Waals surface area (Å²) in [5.41, 5.74) is -2.43. The van der Waals surface area contributed by atoms with E-state index in [2.05, 4.69) is 41.1 Å². The zero-order valence-corrected chi connectivity index (χ0v) is 30.0. The van der Waals surface area contributed by atoms with Crippen LogP contribution in [0.15, 0.2) is 42.9 Å². The van der Waals surface area contributed by atoms with Gasteiger partial charge in [-0.1, -0.05) is 12.0 Å². The largest absolute Gasteiger partial charge is 0.508 e. The van der Waals surface area contributed by atoms with E-state index in [9.17, 15) is 22.7 Å². The second-order valence-electron chi connectivity index (χ2n) is 15.1. The number of anilines is 1. The van der Waals surface area contributed by atoms with Gasteiger partial charge >= 0.3 is 12.2 Å². The first-order valence-corrected chi connectivity index (χ1v) is 18.3. The van der Waals surface area contributed by atoms with Gasteiger partial charge in [0, 0.05) is 42.1 Å². The highest BCUT2D eigenvalue weighted by Gasteiger charge is 2.55. The van der Waals surface area contributed by atoms with Crippen LogP contribution in [0, 0.1) is 24.0 Å². The van der Waals surface area contributed by atoms with Crippen molar-refractivity contribution in [1.29, 1.82) is 0 Å². The number of hydrogen-bond acceptors (Lipinski definition) is 11. The number of phenolic OH excluding ortho intramolecular Hbond substituents is 1. The van der Waals surface area contributed by atoms with Gasteiger partial charge in [-0.2, -0.15) is 23.1 Å². The van der Waals surface area contributed by atoms with Gasteiger partial charge in [0.25, 0.3) is 0 Å². The van der Waals surface area contributed by atoms with Gasteiger partial charge in [-0.15, -0.1) is 6.42 Å². The average Bonchev–Trinajstić information content (AvgIpc) is 3.81. The molecule has 4 aliphatic rings. The van der Waals surface area contributed by atoms with Crippen molar-refractivity contribution in [2.24, 2.45) is 0 Å². The second-order valence-corrected chi connectivity index (χ2v) is 15.1. The Morgan fingerprint density at radius 2 is 1.77 bits per heavy atom. The summed E-state index contributed by atoms with van der Waals surface area (Å²) in [6, 6.07) is 5.34. The Morgan fingerprint density at radius 3 is 2.53 bits per heavy atom. The van der Waals surface area contributed by atoms with E-state index < -0.39 is 40.6 Å². The van der Waals surface area contributed by atoms with Crippen molar-refractivity contribution in [3.8, 4) is 41.2 Å². The lowest BCUT2D eigenvalue weighted by atomic mass is 9.95. The first-order valence-electron chi connectivity index (χ1n) is 18.3. The van der Waals surface area contributed by atoms with Crippen molar-refractivity contribution < 1.29 is 45.3 Å². The molecule has 0 unspecified atom stereocenters. The van der Waals surface area contributed by atoms with E-state index in [4.69, 9.17) is 15.9 Å². The molecule has 0 amide bonds. The predicted octanol–water partition coefficient (Wildman–Crippen LogP) is 6.61. The van der Waals surface area contributed by atoms with Crippen LogP contribution in [-0.2, 0) is 6.18 Å². The lowest BCUT2D eigenvalue weighted by Crippen LogP contribution is -2.62. The first-order chi connectivity index (χ1) is 27.2. The summed E-state index contributed by atoms with van der Waals surface area (Å²) in [7, 11) is 0. The smallest absolute Gasteiger partial charge is 0.433 e. The van der Waals surface area contributed by atoms with Crippen LogP contribution in [-0.4, -0.2) is 90.9 Å². The number of ether oxygens (including phenoxy) is 2. The van der Waals surface area contributed by atoms with Crippen LogP contribution in [0.5, 0.6) is 17.6 Å². The Morgan fingerprint density at radius 1 is 0.982 bits per heavy atom. The van der Waals surface area contributed by atoms with Crippen LogP contribution in [0.25, 0.3) is 32.9 Å². The maximum absolute atomic E-state index is 17.0. The number of rotatable bonds is 8. The summed E-state index contributed by atoms with van der Waals surface area (Å²) < 4.78 is 115. The summed E-state index contributed by atoms with van der Waals surface area (Å²) in [5.74, 6) is -4.09. The van der Waals surface area contributed by atoms with Crippen molar-refractivity contribution in [3.05, 3.63) is 65.7 Å². The minimum atomic E-state index is -4.66. The molecule has 2 aromatic carbocycles. The standard InChI is InChI=1S/C39H33F7N8O3/c1-2-24-27(40)5-4-21-12-23(55)13-25(30(21)24)32-31(41)33-26(15-47-32)34(53-17-37(42)9-10-38(43,18-53)52-37)51-35(50-33)56-16-22-6-8-36(7-3-11-54(22)36)19-57-29-14-28(39(44,45)46)48-20-49-29/h1,4-5,12-15,20,22,52,55H,3,6-11,16-19H2/t22-,36-,37-,38+/m0/s1. The van der Waals surface area contributed by atoms with Crippen molar-refractivity contribution in [3.63, 3.8) is 0 Å². The molecule has 0 aliphatic carbocycles. The number of phenols is 1. The molecule has 4 atom stereocenters. The summed E-state index contributed by atoms with van der Waals surface area (Å²) in [4.78, 5) is 24.0. The Balaban J connectivity index is 1.06. The van der Waals surface area contributed by atoms with Crippen LogP contribution < -0.4 is 19.7 Å². The molecule has 4 aliphatic heterocycles. The average molecular weight is 795 g/mol. The zero-order chi connectivity index (χ0) is 39.9. The number of aromatic hydroxyl groups is 1. The zero-order valence-electron chi connectivity index (χ0n) is 30.0. The third kappa shape index (κ3) is 6.46. The van der Waals surface area contributed by atoms with Crippen LogP contribution in [0.4, 0.5) is 36.6 Å². The minimum Gasteiger partial charge on any atom is -0.508 e. The molecule has 0 radical (unpaired) electrons. The molecule has 2 N–H and O–H groups in total. The normalized spacial score (nSPS) is 25.9. The molecule has 296 valence electrons. The number of halogens is 7. The molecular weight excluding hydrogens is 761 g/mol. The van der Waals surface area contributed by atoms with Gasteiger partial charge < -0.3 is 19.5 Å². The monoisotopic (exact) mass is 794 g/mol. The fourth-order valence-corrected chi connectivity index (χ4v) is 8.98. The summed E-state index contributed by atoms with van der Waals surface area (Å²) in [6.07, 6.45) is 5.65. The summed E-state index contributed by atoms with van der Waals surface area (Å²) in [6.45, 7) is 0.111. The molecule has 57 heavy (non-hydrogen) atoms. The number of benzene rings is 2. The topological polar surface area (TPSA) is 122 Å². The van der Waals surface area contributed by atoms with E-state index >= 15 is 13.2 Å². The van der Waals surface area contributed by atoms with Gasteiger partial charge in [0.2, 0.25) is 5.88 Å². The van der Waals surface area contributed by atoms with Gasteiger partial charge in [-0.25, -0.2) is 32.8 Å². The molecule has 4 saturated heterocycles. The number of aromatic nitrogens is 5. The Labute approximate surface area is 320 Å². The highest BCUT2D eigenvalue weighted by atomic mass is 19.4. The van der Waals surface area contributed by atoms with Gasteiger partial charge in [-0.05, 0) is 55.8 Å². The van der Waals surface area contributed by atoms with Gasteiger partial charge in [0.15, 0.2) is 23.1 Å². The lowest BCUT2D eigenvalue weighted by Gasteiger charge is -2.40. The molecule has 11 nitrogen and oxygen atoms in total. The quantitative estimate of drug-likeness (QED) is 0.100. The van der Waals surface area contributed by atoms with E-state index in [0.29, 0.717) is 31.2 Å². The number of pyridine rings is 1. The molecule has 0 spiro atoms. The number of nitrogens with zero attached hydrogens (tertiary/aromatic N) is 7.